The quantitative estimate of drug-likeness (QED) is 0.914. The predicted molar refractivity (Wildman–Crippen MR) is 75.8 cm³/mol. The van der Waals surface area contributed by atoms with E-state index in [-0.39, 0.29) is 24.0 Å². The first-order valence-corrected chi connectivity index (χ1v) is 6.96. The van der Waals surface area contributed by atoms with Gasteiger partial charge in [-0.15, -0.1) is 0 Å². The van der Waals surface area contributed by atoms with Crippen LogP contribution in [0, 0.1) is 5.82 Å². The lowest BCUT2D eigenvalue weighted by molar-refractivity contribution is 0.0297. The van der Waals surface area contributed by atoms with Crippen LogP contribution in [0.3, 0.4) is 0 Å². The van der Waals surface area contributed by atoms with Gasteiger partial charge in [0.25, 0.3) is 0 Å². The van der Waals surface area contributed by atoms with Crippen molar-refractivity contribution in [3.05, 3.63) is 29.6 Å². The first-order valence-electron chi connectivity index (χ1n) is 6.96. The van der Waals surface area contributed by atoms with Gasteiger partial charge in [0.1, 0.15) is 5.82 Å². The summed E-state index contributed by atoms with van der Waals surface area (Å²) in [7, 11) is 0. The average molecular weight is 266 g/mol. The lowest BCUT2D eigenvalue weighted by Crippen LogP contribution is -2.49. The molecule has 0 spiro atoms. The van der Waals surface area contributed by atoms with Crippen LogP contribution in [0.2, 0.25) is 0 Å². The summed E-state index contributed by atoms with van der Waals surface area (Å²) in [5, 5.41) is 0. The van der Waals surface area contributed by atoms with Crippen LogP contribution < -0.4 is 10.6 Å². The maximum atomic E-state index is 14.3. The molecule has 1 aromatic rings. The molecule has 1 aliphatic rings. The van der Waals surface area contributed by atoms with Crippen molar-refractivity contribution >= 4 is 5.69 Å². The molecule has 0 amide bonds. The number of nitrogens with zero attached hydrogens (tertiary/aromatic N) is 1. The second-order valence-corrected chi connectivity index (χ2v) is 5.36. The average Bonchev–Trinajstić information content (AvgIpc) is 2.38. The first-order chi connectivity index (χ1) is 9.02. The van der Waals surface area contributed by atoms with E-state index < -0.39 is 0 Å². The highest BCUT2D eigenvalue weighted by molar-refractivity contribution is 5.51. The monoisotopic (exact) mass is 266 g/mol. The third kappa shape index (κ3) is 3.07. The highest BCUT2D eigenvalue weighted by Crippen LogP contribution is 2.28. The van der Waals surface area contributed by atoms with E-state index in [0.717, 1.165) is 18.5 Å². The molecule has 3 atom stereocenters. The van der Waals surface area contributed by atoms with Crippen LogP contribution in [0.1, 0.15) is 38.8 Å². The van der Waals surface area contributed by atoms with Crippen molar-refractivity contribution in [1.82, 2.24) is 0 Å². The molecule has 1 aromatic carbocycles. The Morgan fingerprint density at radius 1 is 1.53 bits per heavy atom. The minimum Gasteiger partial charge on any atom is -0.375 e. The lowest BCUT2D eigenvalue weighted by atomic mass is 10.1. The Kier molecular flexibility index (Phi) is 4.42. The summed E-state index contributed by atoms with van der Waals surface area (Å²) >= 11 is 0. The van der Waals surface area contributed by atoms with Gasteiger partial charge in [0.05, 0.1) is 24.4 Å². The molecule has 3 nitrogen and oxygen atoms in total. The van der Waals surface area contributed by atoms with Gasteiger partial charge in [-0.05, 0) is 38.0 Å². The third-order valence-corrected chi connectivity index (χ3v) is 3.75. The summed E-state index contributed by atoms with van der Waals surface area (Å²) < 4.78 is 19.9. The molecule has 0 aliphatic carbocycles. The summed E-state index contributed by atoms with van der Waals surface area (Å²) in [6.45, 7) is 7.37. The molecule has 0 aromatic heterocycles. The van der Waals surface area contributed by atoms with E-state index in [2.05, 4.69) is 11.8 Å². The van der Waals surface area contributed by atoms with Crippen molar-refractivity contribution in [2.24, 2.45) is 5.73 Å². The fourth-order valence-corrected chi connectivity index (χ4v) is 2.52. The third-order valence-electron chi connectivity index (χ3n) is 3.75. The zero-order valence-corrected chi connectivity index (χ0v) is 11.9. The summed E-state index contributed by atoms with van der Waals surface area (Å²) in [5.74, 6) is -0.192. The Labute approximate surface area is 114 Å². The second-order valence-electron chi connectivity index (χ2n) is 5.36. The summed E-state index contributed by atoms with van der Waals surface area (Å²) in [6, 6.07) is 5.40. The lowest BCUT2D eigenvalue weighted by Gasteiger charge is -2.40. The molecule has 0 radical (unpaired) electrons. The van der Waals surface area contributed by atoms with Gasteiger partial charge in [-0.2, -0.15) is 0 Å². The maximum Gasteiger partial charge on any atom is 0.146 e. The van der Waals surface area contributed by atoms with Gasteiger partial charge in [-0.1, -0.05) is 13.0 Å². The highest BCUT2D eigenvalue weighted by atomic mass is 19.1. The van der Waals surface area contributed by atoms with Gasteiger partial charge in [0.15, 0.2) is 0 Å². The molecule has 1 aliphatic heterocycles. The van der Waals surface area contributed by atoms with E-state index in [9.17, 15) is 4.39 Å². The molecule has 2 N–H and O–H groups in total. The van der Waals surface area contributed by atoms with Gasteiger partial charge in [-0.25, -0.2) is 4.39 Å². The highest BCUT2D eigenvalue weighted by Gasteiger charge is 2.27. The van der Waals surface area contributed by atoms with E-state index in [1.165, 1.54) is 0 Å². The molecule has 2 unspecified atom stereocenters. The molecule has 4 heteroatoms. The fraction of sp³-hybridized carbons (Fsp3) is 0.600. The van der Waals surface area contributed by atoms with Crippen molar-refractivity contribution in [3.63, 3.8) is 0 Å². The van der Waals surface area contributed by atoms with Crippen LogP contribution in [-0.4, -0.2) is 25.3 Å². The van der Waals surface area contributed by atoms with E-state index >= 15 is 0 Å². The molecule has 19 heavy (non-hydrogen) atoms. The van der Waals surface area contributed by atoms with Gasteiger partial charge in [0.2, 0.25) is 0 Å². The topological polar surface area (TPSA) is 38.5 Å². The molecule has 106 valence electrons. The maximum absolute atomic E-state index is 14.3. The first kappa shape index (κ1) is 14.3. The van der Waals surface area contributed by atoms with Crippen LogP contribution in [0.15, 0.2) is 18.2 Å². The minimum atomic E-state index is -0.192. The van der Waals surface area contributed by atoms with Crippen molar-refractivity contribution in [2.75, 3.05) is 18.1 Å². The van der Waals surface area contributed by atoms with Crippen LogP contribution in [0.25, 0.3) is 0 Å². The van der Waals surface area contributed by atoms with E-state index in [4.69, 9.17) is 10.5 Å². The number of nitrogens with two attached hydrogens (primary N) is 1. The smallest absolute Gasteiger partial charge is 0.146 e. The van der Waals surface area contributed by atoms with E-state index in [1.54, 1.807) is 6.07 Å². The SMILES string of the molecule is CCC1COC(C)CN1c1ccc([C@@H](C)N)cc1F. The van der Waals surface area contributed by atoms with Crippen LogP contribution in [-0.2, 0) is 4.74 Å². The van der Waals surface area contributed by atoms with Crippen LogP contribution >= 0.6 is 0 Å². The Morgan fingerprint density at radius 3 is 2.84 bits per heavy atom. The van der Waals surface area contributed by atoms with Crippen molar-refractivity contribution in [3.8, 4) is 0 Å². The molecule has 1 fully saturated rings. The van der Waals surface area contributed by atoms with Crippen molar-refractivity contribution in [1.29, 1.82) is 0 Å². The van der Waals surface area contributed by atoms with Gasteiger partial charge < -0.3 is 15.4 Å². The minimum absolute atomic E-state index is 0.135. The van der Waals surface area contributed by atoms with Crippen LogP contribution in [0.4, 0.5) is 10.1 Å². The molecule has 2 rings (SSSR count). The number of halogens is 1. The molecule has 0 saturated carbocycles. The Balaban J connectivity index is 2.28. The Morgan fingerprint density at radius 2 is 2.26 bits per heavy atom. The number of hydrogen-bond acceptors (Lipinski definition) is 3. The van der Waals surface area contributed by atoms with Crippen molar-refractivity contribution < 1.29 is 9.13 Å². The molecular weight excluding hydrogens is 243 g/mol. The summed E-state index contributed by atoms with van der Waals surface area (Å²) in [5.41, 5.74) is 7.27. The van der Waals surface area contributed by atoms with Crippen LogP contribution in [0.5, 0.6) is 0 Å². The summed E-state index contributed by atoms with van der Waals surface area (Å²) in [6.07, 6.45) is 1.08. The zero-order chi connectivity index (χ0) is 14.0. The normalized spacial score (nSPS) is 25.4. The van der Waals surface area contributed by atoms with E-state index in [0.29, 0.717) is 12.3 Å². The number of morpholine rings is 1. The van der Waals surface area contributed by atoms with Crippen molar-refractivity contribution in [2.45, 2.75) is 45.4 Å². The zero-order valence-electron chi connectivity index (χ0n) is 11.9. The predicted octanol–water partition coefficient (Wildman–Crippen LogP) is 2.85. The molecule has 1 saturated heterocycles. The number of benzene rings is 1. The van der Waals surface area contributed by atoms with Gasteiger partial charge in [-0.3, -0.25) is 0 Å². The number of rotatable bonds is 3. The number of anilines is 1. The number of ether oxygens (including phenoxy) is 1. The van der Waals surface area contributed by atoms with E-state index in [1.807, 2.05) is 26.0 Å². The molecule has 1 heterocycles. The van der Waals surface area contributed by atoms with Gasteiger partial charge >= 0.3 is 0 Å². The second kappa shape index (κ2) is 5.88. The Bertz CT molecular complexity index is 436. The fourth-order valence-electron chi connectivity index (χ4n) is 2.52. The molecule has 0 bridgehead atoms. The number of hydrogen-bond donors (Lipinski definition) is 1. The summed E-state index contributed by atoms with van der Waals surface area (Å²) in [4.78, 5) is 2.12. The largest absolute Gasteiger partial charge is 0.375 e. The molecular formula is C15H23FN2O. The standard InChI is InChI=1S/C15H23FN2O/c1-4-13-9-19-10(2)8-18(13)15-6-5-12(11(3)17)7-14(15)16/h5-7,10-11,13H,4,8-9,17H2,1-3H3/t10?,11-,13?/m1/s1. The van der Waals surface area contributed by atoms with Gasteiger partial charge in [0, 0.05) is 12.6 Å². The Hall–Kier alpha value is -1.13.